The third-order valence-electron chi connectivity index (χ3n) is 1.86. The van der Waals surface area contributed by atoms with Crippen LogP contribution in [0.4, 0.5) is 0 Å². The van der Waals surface area contributed by atoms with Gasteiger partial charge in [-0.05, 0) is 30.6 Å². The Morgan fingerprint density at radius 2 is 1.92 bits per heavy atom. The van der Waals surface area contributed by atoms with Crippen LogP contribution in [0.25, 0.3) is 0 Å². The normalized spacial score (nSPS) is 13.5. The molecule has 4 heterocycles. The van der Waals surface area contributed by atoms with Crippen molar-refractivity contribution in [2.45, 2.75) is 6.42 Å². The van der Waals surface area contributed by atoms with E-state index in [1.54, 1.807) is 5.51 Å². The van der Waals surface area contributed by atoms with Crippen molar-refractivity contribution in [3.63, 3.8) is 0 Å². The Hall–Kier alpha value is -1.74. The molecule has 24 heavy (non-hydrogen) atoms. The number of hydrogen-bond acceptors (Lipinski definition) is 10. The molecule has 9 nitrogen and oxygen atoms in total. The first kappa shape index (κ1) is 20.3. The van der Waals surface area contributed by atoms with Crippen molar-refractivity contribution in [3.05, 3.63) is 33.0 Å². The number of thiocarbonyl (C=S) groups is 2. The van der Waals surface area contributed by atoms with Crippen LogP contribution in [0.2, 0.25) is 0 Å². The number of rotatable bonds is 0. The van der Waals surface area contributed by atoms with Gasteiger partial charge in [-0.25, -0.2) is 5.10 Å². The Balaban J connectivity index is 0.000000160. The molecule has 0 unspecified atom stereocenters. The Morgan fingerprint density at radius 1 is 1.08 bits per heavy atom. The standard InChI is InChI=1S/C4H5NS.C2H3N3S.C2H2N2OS.C2H2N2S2/c6-4-2-1-3-5-4;6-2-1-3-5-4-2;6-2-4-3-1-5-2;5-2-4-3-1-6-2/h1,3H,2H2,(H,5,6);1H2,(H,3,4,6);1H,(H,4,6);1H,(H,4,5). The average Bonchev–Trinajstić information content (AvgIpc) is 3.31. The van der Waals surface area contributed by atoms with Gasteiger partial charge in [-0.1, -0.05) is 47.1 Å². The Labute approximate surface area is 161 Å². The minimum absolute atomic E-state index is 0.315. The van der Waals surface area contributed by atoms with Gasteiger partial charge in [0.1, 0.15) is 17.0 Å². The summed E-state index contributed by atoms with van der Waals surface area (Å²) in [5.74, 6) is 0. The number of aromatic amines is 2. The van der Waals surface area contributed by atoms with Gasteiger partial charge in [-0.2, -0.15) is 10.2 Å². The highest BCUT2D eigenvalue weighted by Gasteiger charge is 1.95. The van der Waals surface area contributed by atoms with Crippen LogP contribution in [0.1, 0.15) is 6.42 Å². The average molecular weight is 421 g/mol. The Bertz CT molecular complexity index is 668. The smallest absolute Gasteiger partial charge is 0.284 e. The van der Waals surface area contributed by atoms with Crippen LogP contribution in [0.3, 0.4) is 0 Å². The van der Waals surface area contributed by atoms with Crippen LogP contribution >= 0.6 is 60.2 Å². The third kappa shape index (κ3) is 10.9. The molecule has 4 N–H and O–H groups in total. The van der Waals surface area contributed by atoms with E-state index >= 15 is 0 Å². The highest BCUT2D eigenvalue weighted by molar-refractivity contribution is 7.80. The summed E-state index contributed by atoms with van der Waals surface area (Å²) in [4.78, 5) is 1.94. The molecule has 2 aliphatic rings. The lowest BCUT2D eigenvalue weighted by atomic mass is 10.5. The summed E-state index contributed by atoms with van der Waals surface area (Å²) < 4.78 is 5.21. The third-order valence-corrected chi connectivity index (χ3v) is 3.45. The van der Waals surface area contributed by atoms with Crippen molar-refractivity contribution >= 4 is 70.2 Å². The van der Waals surface area contributed by atoms with Crippen molar-refractivity contribution in [2.75, 3.05) is 6.54 Å². The quantitative estimate of drug-likeness (QED) is 0.477. The lowest BCUT2D eigenvalue weighted by molar-refractivity contribution is 0.537. The van der Waals surface area contributed by atoms with E-state index in [4.69, 9.17) is 12.2 Å². The minimum Gasteiger partial charge on any atom is -0.417 e. The zero-order valence-electron chi connectivity index (χ0n) is 12.0. The summed E-state index contributed by atoms with van der Waals surface area (Å²) in [7, 11) is 0. The van der Waals surface area contributed by atoms with E-state index in [0.717, 1.165) is 15.4 Å². The number of H-pyrrole nitrogens is 2. The molecule has 4 rings (SSSR count). The number of nitrogens with one attached hydrogen (secondary N) is 4. The first-order chi connectivity index (χ1) is 11.6. The fourth-order valence-corrected chi connectivity index (χ4v) is 1.81. The first-order valence-electron chi connectivity index (χ1n) is 6.14. The second-order valence-electron chi connectivity index (χ2n) is 3.61. The van der Waals surface area contributed by atoms with Crippen molar-refractivity contribution in [1.29, 1.82) is 0 Å². The predicted octanol–water partition coefficient (Wildman–Crippen LogP) is 3.04. The van der Waals surface area contributed by atoms with Gasteiger partial charge in [0.15, 0.2) is 3.95 Å². The van der Waals surface area contributed by atoms with Crippen molar-refractivity contribution in [3.8, 4) is 0 Å². The fourth-order valence-electron chi connectivity index (χ4n) is 0.962. The lowest BCUT2D eigenvalue weighted by Crippen LogP contribution is -2.09. The van der Waals surface area contributed by atoms with Crippen molar-refractivity contribution < 1.29 is 4.42 Å². The molecule has 128 valence electrons. The molecule has 0 fully saturated rings. The zero-order chi connectivity index (χ0) is 17.6. The number of nitrogens with zero attached hydrogens (tertiary/aromatic N) is 4. The van der Waals surface area contributed by atoms with Gasteiger partial charge in [0.25, 0.3) is 4.84 Å². The fraction of sp³-hybridized carbons (Fsp3) is 0.200. The van der Waals surface area contributed by atoms with E-state index < -0.39 is 0 Å². The minimum atomic E-state index is 0.315. The van der Waals surface area contributed by atoms with Crippen LogP contribution in [0, 0.1) is 8.79 Å². The van der Waals surface area contributed by atoms with Gasteiger partial charge in [0.05, 0.1) is 4.99 Å². The summed E-state index contributed by atoms with van der Waals surface area (Å²) in [6.07, 6.45) is 6.04. The van der Waals surface area contributed by atoms with Crippen LogP contribution in [0.5, 0.6) is 0 Å². The van der Waals surface area contributed by atoms with Gasteiger partial charge in [0, 0.05) is 6.42 Å². The molecule has 0 saturated heterocycles. The molecule has 0 aromatic carbocycles. The predicted molar refractivity (Wildman–Crippen MR) is 104 cm³/mol. The summed E-state index contributed by atoms with van der Waals surface area (Å²) >= 11 is 19.9. The van der Waals surface area contributed by atoms with E-state index in [1.165, 1.54) is 17.7 Å². The van der Waals surface area contributed by atoms with Crippen LogP contribution in [0.15, 0.2) is 38.9 Å². The Kier molecular flexibility index (Phi) is 10.7. The highest BCUT2D eigenvalue weighted by Crippen LogP contribution is 1.91. The molecule has 0 amide bonds. The lowest BCUT2D eigenvalue weighted by Gasteiger charge is -1.83. The van der Waals surface area contributed by atoms with Gasteiger partial charge in [-0.15, -0.1) is 5.10 Å². The van der Waals surface area contributed by atoms with E-state index in [-0.39, 0.29) is 0 Å². The molecule has 14 heteroatoms. The molecule has 0 radical (unpaired) electrons. The molecule has 0 bridgehead atoms. The highest BCUT2D eigenvalue weighted by atomic mass is 32.1. The van der Waals surface area contributed by atoms with Crippen LogP contribution < -0.4 is 10.7 Å². The van der Waals surface area contributed by atoms with Gasteiger partial charge >= 0.3 is 0 Å². The van der Waals surface area contributed by atoms with Gasteiger partial charge in [-0.3, -0.25) is 10.5 Å². The molecule has 0 spiro atoms. The van der Waals surface area contributed by atoms with E-state index in [9.17, 15) is 0 Å². The monoisotopic (exact) mass is 420 g/mol. The maximum Gasteiger partial charge on any atom is 0.284 e. The first-order valence-corrected chi connectivity index (χ1v) is 8.65. The summed E-state index contributed by atoms with van der Waals surface area (Å²) in [6, 6.07) is 0. The second kappa shape index (κ2) is 12.7. The second-order valence-corrected chi connectivity index (χ2v) is 6.49. The number of hydrogen-bond donors (Lipinski definition) is 4. The molecule has 0 saturated carbocycles. The summed E-state index contributed by atoms with van der Waals surface area (Å²) in [5.41, 5.74) is 4.18. The van der Waals surface area contributed by atoms with Gasteiger partial charge in [0.2, 0.25) is 6.39 Å². The summed E-state index contributed by atoms with van der Waals surface area (Å²) in [5, 5.41) is 21.8. The van der Waals surface area contributed by atoms with E-state index in [2.05, 4.69) is 82.5 Å². The topological polar surface area (TPSA) is 119 Å². The molecule has 2 aromatic heterocycles. The molecular weight excluding hydrogens is 409 g/mol. The van der Waals surface area contributed by atoms with Crippen molar-refractivity contribution in [1.82, 2.24) is 31.1 Å². The molecule has 2 aliphatic heterocycles. The molecular formula is C10H12N8OS5. The molecule has 0 atom stereocenters. The molecule has 2 aromatic rings. The SMILES string of the molecule is S=C1CC=CN1.S=C1CN=NN1.S=c1[nH]nco1.S=c1[nH]ncs1. The van der Waals surface area contributed by atoms with Crippen LogP contribution in [-0.4, -0.2) is 36.9 Å². The van der Waals surface area contributed by atoms with E-state index in [0.29, 0.717) is 16.4 Å². The maximum atomic E-state index is 4.75. The maximum absolute atomic E-state index is 4.75. The van der Waals surface area contributed by atoms with E-state index in [1.807, 2.05) is 12.3 Å². The molecule has 0 aliphatic carbocycles. The Morgan fingerprint density at radius 3 is 2.08 bits per heavy atom. The zero-order valence-corrected chi connectivity index (χ0v) is 16.0. The van der Waals surface area contributed by atoms with Gasteiger partial charge < -0.3 is 9.73 Å². The van der Waals surface area contributed by atoms with Crippen LogP contribution in [-0.2, 0) is 0 Å². The summed E-state index contributed by atoms with van der Waals surface area (Å²) in [6.45, 7) is 0.565. The van der Waals surface area contributed by atoms with Crippen molar-refractivity contribution in [2.24, 2.45) is 10.3 Å². The largest absolute Gasteiger partial charge is 0.417 e. The number of aromatic nitrogens is 4.